The Morgan fingerprint density at radius 3 is 2.29 bits per heavy atom. The zero-order valence-corrected chi connectivity index (χ0v) is 11.7. The van der Waals surface area contributed by atoms with Crippen LogP contribution in [0, 0.1) is 0 Å². The SMILES string of the molecule is S=C(Oc1ccccc1)Oc1cc(-c2ccccc2)no1. The fraction of sp³-hybridized carbons (Fsp3) is 0. The monoisotopic (exact) mass is 297 g/mol. The summed E-state index contributed by atoms with van der Waals surface area (Å²) in [5.74, 6) is 0.792. The fourth-order valence-electron chi connectivity index (χ4n) is 1.74. The molecule has 0 spiro atoms. The van der Waals surface area contributed by atoms with Crippen LogP contribution in [0.25, 0.3) is 11.3 Å². The van der Waals surface area contributed by atoms with Crippen molar-refractivity contribution in [2.45, 2.75) is 0 Å². The van der Waals surface area contributed by atoms with Crippen molar-refractivity contribution in [2.75, 3.05) is 0 Å². The Labute approximate surface area is 126 Å². The van der Waals surface area contributed by atoms with Gasteiger partial charge in [0.05, 0.1) is 6.07 Å². The van der Waals surface area contributed by atoms with Crippen molar-refractivity contribution in [1.29, 1.82) is 0 Å². The minimum absolute atomic E-state index is 0.0445. The molecular weight excluding hydrogens is 286 g/mol. The van der Waals surface area contributed by atoms with Crippen molar-refractivity contribution in [3.8, 4) is 23.0 Å². The summed E-state index contributed by atoms with van der Waals surface area (Å²) < 4.78 is 15.7. The van der Waals surface area contributed by atoms with E-state index in [9.17, 15) is 0 Å². The molecule has 0 aliphatic heterocycles. The Morgan fingerprint density at radius 1 is 0.905 bits per heavy atom. The van der Waals surface area contributed by atoms with E-state index in [1.165, 1.54) is 0 Å². The predicted octanol–water partition coefficient (Wildman–Crippen LogP) is 4.08. The van der Waals surface area contributed by atoms with Gasteiger partial charge in [-0.25, -0.2) is 0 Å². The van der Waals surface area contributed by atoms with Crippen LogP contribution < -0.4 is 9.47 Å². The first kappa shape index (κ1) is 13.3. The standard InChI is InChI=1S/C16H11NO3S/c21-16(18-13-9-5-2-6-10-13)19-15-11-14(17-20-15)12-7-3-1-4-8-12/h1-11H. The average Bonchev–Trinajstić information content (AvgIpc) is 2.97. The molecule has 4 nitrogen and oxygen atoms in total. The average molecular weight is 297 g/mol. The van der Waals surface area contributed by atoms with Gasteiger partial charge in [-0.05, 0) is 12.1 Å². The van der Waals surface area contributed by atoms with Crippen molar-refractivity contribution in [3.05, 3.63) is 66.7 Å². The van der Waals surface area contributed by atoms with Gasteiger partial charge in [0.15, 0.2) is 0 Å². The number of thiocarbonyl (C=S) groups is 1. The molecule has 0 saturated heterocycles. The lowest BCUT2D eigenvalue weighted by atomic mass is 10.2. The number of nitrogens with zero attached hydrogens (tertiary/aromatic N) is 1. The van der Waals surface area contributed by atoms with Crippen LogP contribution in [0.5, 0.6) is 11.7 Å². The quantitative estimate of drug-likeness (QED) is 0.681. The highest BCUT2D eigenvalue weighted by atomic mass is 32.1. The fourth-order valence-corrected chi connectivity index (χ4v) is 1.92. The van der Waals surface area contributed by atoms with Crippen LogP contribution in [0.3, 0.4) is 0 Å². The number of para-hydroxylation sites is 1. The van der Waals surface area contributed by atoms with Crippen molar-refractivity contribution < 1.29 is 14.0 Å². The highest BCUT2D eigenvalue weighted by Crippen LogP contribution is 2.23. The third-order valence-electron chi connectivity index (χ3n) is 2.69. The number of benzene rings is 2. The predicted molar refractivity (Wildman–Crippen MR) is 82.2 cm³/mol. The van der Waals surface area contributed by atoms with Gasteiger partial charge in [-0.3, -0.25) is 0 Å². The topological polar surface area (TPSA) is 44.5 Å². The van der Waals surface area contributed by atoms with E-state index < -0.39 is 0 Å². The molecule has 0 saturated carbocycles. The molecule has 5 heteroatoms. The third-order valence-corrected chi connectivity index (χ3v) is 2.85. The van der Waals surface area contributed by atoms with Crippen molar-refractivity contribution in [2.24, 2.45) is 0 Å². The van der Waals surface area contributed by atoms with Gasteiger partial charge in [-0.2, -0.15) is 0 Å². The van der Waals surface area contributed by atoms with Gasteiger partial charge in [-0.15, -0.1) is 0 Å². The molecule has 21 heavy (non-hydrogen) atoms. The smallest absolute Gasteiger partial charge is 0.365 e. The normalized spacial score (nSPS) is 10.1. The second-order valence-electron chi connectivity index (χ2n) is 4.16. The van der Waals surface area contributed by atoms with Gasteiger partial charge in [0.25, 0.3) is 0 Å². The van der Waals surface area contributed by atoms with E-state index in [2.05, 4.69) is 5.16 Å². The molecule has 0 aliphatic rings. The molecule has 0 unspecified atom stereocenters. The van der Waals surface area contributed by atoms with Crippen LogP contribution in [0.2, 0.25) is 0 Å². The molecule has 104 valence electrons. The Balaban J connectivity index is 1.66. The summed E-state index contributed by atoms with van der Waals surface area (Å²) in [7, 11) is 0. The van der Waals surface area contributed by atoms with Gasteiger partial charge >= 0.3 is 11.2 Å². The lowest BCUT2D eigenvalue weighted by Gasteiger charge is -2.04. The molecule has 0 amide bonds. The van der Waals surface area contributed by atoms with Crippen LogP contribution in [0.4, 0.5) is 0 Å². The highest BCUT2D eigenvalue weighted by Gasteiger charge is 2.10. The molecular formula is C16H11NO3S. The molecule has 0 aliphatic carbocycles. The minimum atomic E-state index is -0.0445. The van der Waals surface area contributed by atoms with E-state index in [-0.39, 0.29) is 11.2 Å². The van der Waals surface area contributed by atoms with E-state index in [1.54, 1.807) is 18.2 Å². The maximum absolute atomic E-state index is 5.35. The first-order valence-electron chi connectivity index (χ1n) is 6.28. The summed E-state index contributed by atoms with van der Waals surface area (Å²) in [6.07, 6.45) is 0. The summed E-state index contributed by atoms with van der Waals surface area (Å²) in [5.41, 5.74) is 1.61. The van der Waals surface area contributed by atoms with Gasteiger partial charge < -0.3 is 14.0 Å². The molecule has 1 heterocycles. The maximum atomic E-state index is 5.35. The van der Waals surface area contributed by atoms with Crippen LogP contribution in [-0.4, -0.2) is 10.4 Å². The Kier molecular flexibility index (Phi) is 3.93. The molecule has 1 aromatic heterocycles. The van der Waals surface area contributed by atoms with Crippen molar-refractivity contribution >= 4 is 17.5 Å². The van der Waals surface area contributed by atoms with Crippen molar-refractivity contribution in [1.82, 2.24) is 5.16 Å². The maximum Gasteiger partial charge on any atom is 0.365 e. The summed E-state index contributed by atoms with van der Waals surface area (Å²) in [6, 6.07) is 20.5. The molecule has 0 N–H and O–H groups in total. The van der Waals surface area contributed by atoms with E-state index in [0.717, 1.165) is 5.56 Å². The number of ether oxygens (including phenoxy) is 2. The van der Waals surface area contributed by atoms with Crippen LogP contribution in [0.15, 0.2) is 71.3 Å². The largest absolute Gasteiger partial charge is 0.417 e. The molecule has 3 rings (SSSR count). The van der Waals surface area contributed by atoms with Gasteiger partial charge in [0, 0.05) is 17.8 Å². The molecule has 0 fully saturated rings. The number of aromatic nitrogens is 1. The van der Waals surface area contributed by atoms with E-state index in [4.69, 9.17) is 26.2 Å². The number of hydrogen-bond donors (Lipinski definition) is 0. The van der Waals surface area contributed by atoms with Crippen LogP contribution >= 0.6 is 12.2 Å². The zero-order valence-electron chi connectivity index (χ0n) is 10.9. The third kappa shape index (κ3) is 3.46. The van der Waals surface area contributed by atoms with Gasteiger partial charge in [0.1, 0.15) is 11.4 Å². The molecule has 3 aromatic rings. The second-order valence-corrected chi connectivity index (χ2v) is 4.50. The van der Waals surface area contributed by atoms with E-state index in [1.807, 2.05) is 48.5 Å². The number of hydrogen-bond acceptors (Lipinski definition) is 5. The summed E-state index contributed by atoms with van der Waals surface area (Å²) in [5, 5.41) is 3.89. The zero-order chi connectivity index (χ0) is 14.5. The number of rotatable bonds is 3. The molecule has 0 bridgehead atoms. The molecule has 2 aromatic carbocycles. The first-order valence-corrected chi connectivity index (χ1v) is 6.69. The Hall–Kier alpha value is -2.66. The van der Waals surface area contributed by atoms with Crippen LogP contribution in [-0.2, 0) is 0 Å². The van der Waals surface area contributed by atoms with E-state index in [0.29, 0.717) is 11.4 Å². The molecule has 0 radical (unpaired) electrons. The lowest BCUT2D eigenvalue weighted by Crippen LogP contribution is -2.12. The van der Waals surface area contributed by atoms with E-state index >= 15 is 0 Å². The van der Waals surface area contributed by atoms with Crippen molar-refractivity contribution in [3.63, 3.8) is 0 Å². The summed E-state index contributed by atoms with van der Waals surface area (Å²) in [6.45, 7) is 0. The summed E-state index contributed by atoms with van der Waals surface area (Å²) in [4.78, 5) is 0. The second kappa shape index (κ2) is 6.19. The Bertz CT molecular complexity index is 726. The lowest BCUT2D eigenvalue weighted by molar-refractivity contribution is 0.284. The summed E-state index contributed by atoms with van der Waals surface area (Å²) >= 11 is 5.01. The van der Waals surface area contributed by atoms with Gasteiger partial charge in [0.2, 0.25) is 0 Å². The van der Waals surface area contributed by atoms with Crippen LogP contribution in [0.1, 0.15) is 0 Å². The minimum Gasteiger partial charge on any atom is -0.417 e. The Morgan fingerprint density at radius 2 is 1.57 bits per heavy atom. The first-order chi connectivity index (χ1) is 10.3. The molecule has 0 atom stereocenters. The highest BCUT2D eigenvalue weighted by molar-refractivity contribution is 7.79. The van der Waals surface area contributed by atoms with Gasteiger partial charge in [-0.1, -0.05) is 53.7 Å².